The summed E-state index contributed by atoms with van der Waals surface area (Å²) in [6.45, 7) is 0.843. The van der Waals surface area contributed by atoms with Crippen LogP contribution >= 0.6 is 27.3 Å². The molecule has 3 nitrogen and oxygen atoms in total. The minimum absolute atomic E-state index is 0.843. The monoisotopic (exact) mass is 285 g/mol. The van der Waals surface area contributed by atoms with Gasteiger partial charge in [-0.15, -0.1) is 11.3 Å². The summed E-state index contributed by atoms with van der Waals surface area (Å²) in [5, 5.41) is 7.61. The standard InChI is InChI=1S/C10H12BrN3S/c1-12-6-7-5-8(13-14(7)2)9-3-4-10(11)15-9/h3-5,12H,6H2,1-2H3. The van der Waals surface area contributed by atoms with Crippen LogP contribution in [0, 0.1) is 0 Å². The molecule has 0 radical (unpaired) electrons. The van der Waals surface area contributed by atoms with E-state index in [0.29, 0.717) is 0 Å². The van der Waals surface area contributed by atoms with E-state index in [9.17, 15) is 0 Å². The van der Waals surface area contributed by atoms with Crippen LogP contribution in [0.25, 0.3) is 10.6 Å². The predicted molar refractivity (Wildman–Crippen MR) is 67.0 cm³/mol. The number of aryl methyl sites for hydroxylation is 1. The van der Waals surface area contributed by atoms with Crippen LogP contribution in [0.1, 0.15) is 5.69 Å². The van der Waals surface area contributed by atoms with E-state index < -0.39 is 0 Å². The molecule has 5 heteroatoms. The third-order valence-corrected chi connectivity index (χ3v) is 3.81. The molecule has 0 bridgehead atoms. The highest BCUT2D eigenvalue weighted by Crippen LogP contribution is 2.30. The van der Waals surface area contributed by atoms with Crippen LogP contribution in [0.2, 0.25) is 0 Å². The number of rotatable bonds is 3. The molecule has 0 aliphatic rings. The molecule has 0 aliphatic carbocycles. The van der Waals surface area contributed by atoms with Crippen LogP contribution in [0.15, 0.2) is 22.0 Å². The second-order valence-electron chi connectivity index (χ2n) is 3.28. The highest BCUT2D eigenvalue weighted by atomic mass is 79.9. The molecule has 0 fully saturated rings. The molecular weight excluding hydrogens is 274 g/mol. The van der Waals surface area contributed by atoms with Gasteiger partial charge in [-0.3, -0.25) is 4.68 Å². The van der Waals surface area contributed by atoms with Crippen LogP contribution in [-0.2, 0) is 13.6 Å². The smallest absolute Gasteiger partial charge is 0.103 e. The average molecular weight is 286 g/mol. The summed E-state index contributed by atoms with van der Waals surface area (Å²) in [6.07, 6.45) is 0. The van der Waals surface area contributed by atoms with E-state index in [1.54, 1.807) is 11.3 Å². The van der Waals surface area contributed by atoms with Crippen molar-refractivity contribution in [3.63, 3.8) is 0 Å². The van der Waals surface area contributed by atoms with Crippen LogP contribution < -0.4 is 5.32 Å². The number of hydrogen-bond donors (Lipinski definition) is 1. The van der Waals surface area contributed by atoms with Crippen molar-refractivity contribution in [3.8, 4) is 10.6 Å². The van der Waals surface area contributed by atoms with Gasteiger partial charge in [-0.25, -0.2) is 0 Å². The zero-order chi connectivity index (χ0) is 10.8. The second-order valence-corrected chi connectivity index (χ2v) is 5.74. The topological polar surface area (TPSA) is 29.9 Å². The minimum Gasteiger partial charge on any atom is -0.314 e. The van der Waals surface area contributed by atoms with Crippen LogP contribution in [0.4, 0.5) is 0 Å². The lowest BCUT2D eigenvalue weighted by Crippen LogP contribution is -2.09. The third kappa shape index (κ3) is 2.30. The first kappa shape index (κ1) is 10.9. The fourth-order valence-corrected chi connectivity index (χ4v) is 2.77. The summed E-state index contributed by atoms with van der Waals surface area (Å²) in [4.78, 5) is 1.19. The van der Waals surface area contributed by atoms with Crippen LogP contribution in [0.3, 0.4) is 0 Å². The summed E-state index contributed by atoms with van der Waals surface area (Å²) in [6, 6.07) is 6.25. The normalized spacial score (nSPS) is 10.9. The molecule has 0 aromatic carbocycles. The van der Waals surface area contributed by atoms with Gasteiger partial charge in [-0.05, 0) is 41.2 Å². The highest BCUT2D eigenvalue weighted by Gasteiger charge is 2.08. The fraction of sp³-hybridized carbons (Fsp3) is 0.300. The molecule has 0 unspecified atom stereocenters. The number of hydrogen-bond acceptors (Lipinski definition) is 3. The molecule has 0 saturated carbocycles. The Kier molecular flexibility index (Phi) is 3.23. The van der Waals surface area contributed by atoms with Crippen molar-refractivity contribution >= 4 is 27.3 Å². The van der Waals surface area contributed by atoms with E-state index in [0.717, 1.165) is 16.0 Å². The summed E-state index contributed by atoms with van der Waals surface area (Å²) in [5.74, 6) is 0. The van der Waals surface area contributed by atoms with E-state index in [1.165, 1.54) is 10.6 Å². The van der Waals surface area contributed by atoms with Gasteiger partial charge >= 0.3 is 0 Å². The maximum absolute atomic E-state index is 4.48. The van der Waals surface area contributed by atoms with Gasteiger partial charge in [-0.2, -0.15) is 5.10 Å². The van der Waals surface area contributed by atoms with E-state index >= 15 is 0 Å². The van der Waals surface area contributed by atoms with Crippen molar-refractivity contribution in [3.05, 3.63) is 27.7 Å². The Balaban J connectivity index is 2.33. The van der Waals surface area contributed by atoms with E-state index in [2.05, 4.69) is 38.5 Å². The van der Waals surface area contributed by atoms with Crippen molar-refractivity contribution in [2.45, 2.75) is 6.54 Å². The van der Waals surface area contributed by atoms with Crippen molar-refractivity contribution in [2.75, 3.05) is 7.05 Å². The number of nitrogens with zero attached hydrogens (tertiary/aromatic N) is 2. The zero-order valence-corrected chi connectivity index (χ0v) is 11.0. The van der Waals surface area contributed by atoms with Crippen LogP contribution in [0.5, 0.6) is 0 Å². The number of aromatic nitrogens is 2. The lowest BCUT2D eigenvalue weighted by atomic mass is 10.3. The average Bonchev–Trinajstić information content (AvgIpc) is 2.75. The zero-order valence-electron chi connectivity index (χ0n) is 8.62. The Hall–Kier alpha value is -0.650. The molecule has 2 aromatic rings. The summed E-state index contributed by atoms with van der Waals surface area (Å²) >= 11 is 5.16. The molecule has 1 N–H and O–H groups in total. The first-order chi connectivity index (χ1) is 7.20. The quantitative estimate of drug-likeness (QED) is 0.940. The molecule has 0 amide bonds. The maximum atomic E-state index is 4.48. The molecule has 15 heavy (non-hydrogen) atoms. The SMILES string of the molecule is CNCc1cc(-c2ccc(Br)s2)nn1C. The third-order valence-electron chi connectivity index (χ3n) is 2.16. The lowest BCUT2D eigenvalue weighted by molar-refractivity contribution is 0.673. The highest BCUT2D eigenvalue weighted by molar-refractivity contribution is 9.11. The van der Waals surface area contributed by atoms with Crippen molar-refractivity contribution in [1.82, 2.24) is 15.1 Å². The van der Waals surface area contributed by atoms with Gasteiger partial charge in [0.25, 0.3) is 0 Å². The van der Waals surface area contributed by atoms with Crippen molar-refractivity contribution in [2.24, 2.45) is 7.05 Å². The molecule has 2 rings (SSSR count). The first-order valence-electron chi connectivity index (χ1n) is 4.64. The molecule has 0 saturated heterocycles. The number of nitrogens with one attached hydrogen (secondary N) is 1. The largest absolute Gasteiger partial charge is 0.314 e. The van der Waals surface area contributed by atoms with Crippen LogP contribution in [-0.4, -0.2) is 16.8 Å². The fourth-order valence-electron chi connectivity index (χ4n) is 1.42. The first-order valence-corrected chi connectivity index (χ1v) is 6.25. The number of thiophene rings is 1. The van der Waals surface area contributed by atoms with Crippen molar-refractivity contribution < 1.29 is 0 Å². The summed E-state index contributed by atoms with van der Waals surface area (Å²) in [7, 11) is 3.91. The Morgan fingerprint density at radius 3 is 2.93 bits per heavy atom. The second kappa shape index (κ2) is 4.47. The molecule has 0 atom stereocenters. The van der Waals surface area contributed by atoms with E-state index in [1.807, 2.05) is 24.8 Å². The Morgan fingerprint density at radius 2 is 2.33 bits per heavy atom. The maximum Gasteiger partial charge on any atom is 0.103 e. The molecule has 2 aromatic heterocycles. The Morgan fingerprint density at radius 1 is 1.53 bits per heavy atom. The minimum atomic E-state index is 0.843. The summed E-state index contributed by atoms with van der Waals surface area (Å²) in [5.41, 5.74) is 2.23. The molecule has 80 valence electrons. The van der Waals surface area contributed by atoms with Gasteiger partial charge in [0.05, 0.1) is 14.4 Å². The van der Waals surface area contributed by atoms with Gasteiger partial charge < -0.3 is 5.32 Å². The van der Waals surface area contributed by atoms with Gasteiger partial charge in [0.2, 0.25) is 0 Å². The van der Waals surface area contributed by atoms with Gasteiger partial charge in [-0.1, -0.05) is 0 Å². The number of halogens is 1. The van der Waals surface area contributed by atoms with Gasteiger partial charge in [0.1, 0.15) is 5.69 Å². The molecule has 0 spiro atoms. The lowest BCUT2D eigenvalue weighted by Gasteiger charge is -1.97. The molecule has 0 aliphatic heterocycles. The van der Waals surface area contributed by atoms with E-state index in [4.69, 9.17) is 0 Å². The van der Waals surface area contributed by atoms with Crippen molar-refractivity contribution in [1.29, 1.82) is 0 Å². The van der Waals surface area contributed by atoms with E-state index in [-0.39, 0.29) is 0 Å². The molecular formula is C10H12BrN3S. The Labute approximate surface area is 101 Å². The predicted octanol–water partition coefficient (Wildman–Crippen LogP) is 2.63. The summed E-state index contributed by atoms with van der Waals surface area (Å²) < 4.78 is 3.05. The van der Waals surface area contributed by atoms with Gasteiger partial charge in [0.15, 0.2) is 0 Å². The van der Waals surface area contributed by atoms with Gasteiger partial charge in [0, 0.05) is 13.6 Å². The molecule has 2 heterocycles. The Bertz CT molecular complexity index is 461.